The highest BCUT2D eigenvalue weighted by atomic mass is 16.5. The number of Topliss-reactive ketones (excluding diaryl/α,β-unsaturated/α-hetero) is 1. The zero-order chi connectivity index (χ0) is 25.3. The number of benzene rings is 3. The summed E-state index contributed by atoms with van der Waals surface area (Å²) >= 11 is 0. The lowest BCUT2D eigenvalue weighted by Crippen LogP contribution is -2.12. The molecule has 0 heterocycles. The van der Waals surface area contributed by atoms with Crippen LogP contribution in [-0.4, -0.2) is 25.2 Å². The Kier molecular flexibility index (Phi) is 8.72. The molecule has 4 rings (SSSR count). The van der Waals surface area contributed by atoms with Gasteiger partial charge in [-0.15, -0.1) is 0 Å². The lowest BCUT2D eigenvalue weighted by Gasteiger charge is -2.23. The summed E-state index contributed by atoms with van der Waals surface area (Å²) in [5.41, 5.74) is 6.59. The molecule has 0 spiro atoms. The van der Waals surface area contributed by atoms with Gasteiger partial charge in [-0.05, 0) is 97.2 Å². The summed E-state index contributed by atoms with van der Waals surface area (Å²) in [5, 5.41) is 7.99. The third kappa shape index (κ3) is 6.12. The fraction of sp³-hybridized carbons (Fsp3) is 0.312. The summed E-state index contributed by atoms with van der Waals surface area (Å²) in [6, 6.07) is 23.6. The van der Waals surface area contributed by atoms with Gasteiger partial charge in [0.05, 0.1) is 13.7 Å². The van der Waals surface area contributed by atoms with Crippen LogP contribution in [0.5, 0.6) is 11.5 Å². The lowest BCUT2D eigenvalue weighted by atomic mass is 9.79. The number of allylic oxidation sites excluding steroid dienone is 2. The van der Waals surface area contributed by atoms with Crippen molar-refractivity contribution in [3.8, 4) is 11.5 Å². The summed E-state index contributed by atoms with van der Waals surface area (Å²) in [6.45, 7) is 2.72. The Hall–Kier alpha value is -3.66. The van der Waals surface area contributed by atoms with Gasteiger partial charge in [0.2, 0.25) is 0 Å². The highest BCUT2D eigenvalue weighted by Gasteiger charge is 2.26. The molecule has 4 nitrogen and oxygen atoms in total. The number of methoxy groups -OCH3 is 1. The Balaban J connectivity index is 1.52. The van der Waals surface area contributed by atoms with Gasteiger partial charge in [0.25, 0.3) is 0 Å². The molecule has 36 heavy (non-hydrogen) atoms. The second-order valence-corrected chi connectivity index (χ2v) is 9.25. The number of hydrogen-bond donors (Lipinski definition) is 1. The maximum absolute atomic E-state index is 13.9. The van der Waals surface area contributed by atoms with Crippen molar-refractivity contribution in [3.05, 3.63) is 95.1 Å². The minimum Gasteiger partial charge on any atom is -0.497 e. The molecule has 0 radical (unpaired) electrons. The van der Waals surface area contributed by atoms with E-state index in [2.05, 4.69) is 19.1 Å². The van der Waals surface area contributed by atoms with Crippen LogP contribution in [0.15, 0.2) is 72.8 Å². The molecule has 0 aliphatic heterocycles. The predicted molar refractivity (Wildman–Crippen MR) is 147 cm³/mol. The van der Waals surface area contributed by atoms with Crippen LogP contribution >= 0.6 is 0 Å². The Bertz CT molecular complexity index is 1220. The highest BCUT2D eigenvalue weighted by molar-refractivity contribution is 6.35. The van der Waals surface area contributed by atoms with Crippen LogP contribution in [-0.2, 0) is 6.42 Å². The molecule has 0 bridgehead atoms. The standard InChI is InChI=1S/C32H35NO3/c1-3-4-9-26(33)10-7-22-36-28-19-14-25(15-20-28)32(34)31-29-11-6-5-8-23(29)16-21-30(31)24-12-17-27(35-2)18-13-24/h5-6,8,11-15,17-20,33H,3-4,7,9-10,16,21-22H2,1-2H3. The van der Waals surface area contributed by atoms with E-state index in [4.69, 9.17) is 14.9 Å². The molecule has 0 saturated carbocycles. The van der Waals surface area contributed by atoms with Crippen molar-refractivity contribution in [3.63, 3.8) is 0 Å². The van der Waals surface area contributed by atoms with Crippen LogP contribution in [0.25, 0.3) is 11.1 Å². The molecule has 0 saturated heterocycles. The van der Waals surface area contributed by atoms with E-state index < -0.39 is 0 Å². The lowest BCUT2D eigenvalue weighted by molar-refractivity contribution is 0.105. The molecule has 0 unspecified atom stereocenters. The van der Waals surface area contributed by atoms with Gasteiger partial charge in [0.15, 0.2) is 5.78 Å². The number of carbonyl (C=O) groups excluding carboxylic acids is 1. The van der Waals surface area contributed by atoms with Gasteiger partial charge >= 0.3 is 0 Å². The van der Waals surface area contributed by atoms with Gasteiger partial charge in [-0.3, -0.25) is 4.79 Å². The quantitative estimate of drug-likeness (QED) is 0.163. The Labute approximate surface area is 214 Å². The van der Waals surface area contributed by atoms with E-state index in [-0.39, 0.29) is 5.78 Å². The van der Waals surface area contributed by atoms with Gasteiger partial charge in [-0.2, -0.15) is 0 Å². The van der Waals surface area contributed by atoms with Gasteiger partial charge in [0.1, 0.15) is 11.5 Å². The average molecular weight is 482 g/mol. The van der Waals surface area contributed by atoms with E-state index >= 15 is 0 Å². The van der Waals surface area contributed by atoms with Crippen LogP contribution < -0.4 is 9.47 Å². The molecule has 0 fully saturated rings. The Morgan fingerprint density at radius 1 is 0.861 bits per heavy atom. The Morgan fingerprint density at radius 3 is 2.28 bits per heavy atom. The smallest absolute Gasteiger partial charge is 0.193 e. The van der Waals surface area contributed by atoms with Gasteiger partial charge in [-0.1, -0.05) is 49.7 Å². The number of carbonyl (C=O) groups is 1. The SMILES string of the molecule is CCCCC(=N)CCCOc1ccc(C(=O)C2=C(c3ccc(OC)cc3)CCc3ccccc32)cc1. The molecule has 0 aromatic heterocycles. The van der Waals surface area contributed by atoms with Crippen LogP contribution in [0.1, 0.15) is 72.5 Å². The molecule has 0 amide bonds. The topological polar surface area (TPSA) is 59.4 Å². The number of ether oxygens (including phenoxy) is 2. The fourth-order valence-electron chi connectivity index (χ4n) is 4.71. The predicted octanol–water partition coefficient (Wildman–Crippen LogP) is 7.80. The number of aryl methyl sites for hydroxylation is 1. The van der Waals surface area contributed by atoms with Crippen molar-refractivity contribution in [2.75, 3.05) is 13.7 Å². The van der Waals surface area contributed by atoms with E-state index in [1.54, 1.807) is 7.11 Å². The summed E-state index contributed by atoms with van der Waals surface area (Å²) in [7, 11) is 1.66. The third-order valence-corrected chi connectivity index (χ3v) is 6.74. The first kappa shape index (κ1) is 25.4. The Morgan fingerprint density at radius 2 is 1.56 bits per heavy atom. The fourth-order valence-corrected chi connectivity index (χ4v) is 4.71. The van der Waals surface area contributed by atoms with Crippen LogP contribution in [0.3, 0.4) is 0 Å². The maximum Gasteiger partial charge on any atom is 0.193 e. The van der Waals surface area contributed by atoms with Crippen molar-refractivity contribution in [1.29, 1.82) is 5.41 Å². The molecule has 0 atom stereocenters. The molecular weight excluding hydrogens is 446 g/mol. The molecule has 1 N–H and O–H groups in total. The van der Waals surface area contributed by atoms with Gasteiger partial charge in [-0.25, -0.2) is 0 Å². The zero-order valence-electron chi connectivity index (χ0n) is 21.3. The molecule has 3 aromatic rings. The summed E-state index contributed by atoms with van der Waals surface area (Å²) in [4.78, 5) is 13.9. The number of rotatable bonds is 12. The second kappa shape index (κ2) is 12.3. The number of ketones is 1. The minimum absolute atomic E-state index is 0.0314. The van der Waals surface area contributed by atoms with Crippen molar-refractivity contribution in [1.82, 2.24) is 0 Å². The van der Waals surface area contributed by atoms with E-state index in [9.17, 15) is 4.79 Å². The van der Waals surface area contributed by atoms with E-state index in [1.807, 2.05) is 60.7 Å². The number of hydrogen-bond acceptors (Lipinski definition) is 4. The molecule has 1 aliphatic rings. The van der Waals surface area contributed by atoms with Crippen LogP contribution in [0, 0.1) is 5.41 Å². The molecule has 1 aliphatic carbocycles. The average Bonchev–Trinajstić information content (AvgIpc) is 2.93. The summed E-state index contributed by atoms with van der Waals surface area (Å²) < 4.78 is 11.2. The van der Waals surface area contributed by atoms with Crippen molar-refractivity contribution in [2.45, 2.75) is 51.9 Å². The first-order valence-electron chi connectivity index (χ1n) is 12.9. The normalized spacial score (nSPS) is 12.7. The molecule has 186 valence electrons. The number of unbranched alkanes of at least 4 members (excludes halogenated alkanes) is 1. The van der Waals surface area contributed by atoms with Gasteiger partial charge in [0, 0.05) is 16.8 Å². The van der Waals surface area contributed by atoms with E-state index in [1.165, 1.54) is 5.56 Å². The second-order valence-electron chi connectivity index (χ2n) is 9.25. The van der Waals surface area contributed by atoms with Crippen molar-refractivity contribution in [2.24, 2.45) is 0 Å². The largest absolute Gasteiger partial charge is 0.497 e. The molecular formula is C32H35NO3. The van der Waals surface area contributed by atoms with E-state index in [0.29, 0.717) is 12.2 Å². The van der Waals surface area contributed by atoms with Crippen molar-refractivity contribution >= 4 is 22.6 Å². The monoisotopic (exact) mass is 481 g/mol. The maximum atomic E-state index is 13.9. The first-order chi connectivity index (χ1) is 17.6. The van der Waals surface area contributed by atoms with Gasteiger partial charge < -0.3 is 14.9 Å². The zero-order valence-corrected chi connectivity index (χ0v) is 21.3. The molecule has 4 heteroatoms. The van der Waals surface area contributed by atoms with E-state index in [0.717, 1.165) is 84.4 Å². The molecule has 3 aromatic carbocycles. The number of nitrogens with one attached hydrogen (secondary N) is 1. The highest BCUT2D eigenvalue weighted by Crippen LogP contribution is 2.39. The third-order valence-electron chi connectivity index (χ3n) is 6.74. The van der Waals surface area contributed by atoms with Crippen LogP contribution in [0.2, 0.25) is 0 Å². The summed E-state index contributed by atoms with van der Waals surface area (Å²) in [5.74, 6) is 1.58. The van der Waals surface area contributed by atoms with Crippen molar-refractivity contribution < 1.29 is 14.3 Å². The number of fused-ring (bicyclic) bond motifs is 1. The van der Waals surface area contributed by atoms with Crippen LogP contribution in [0.4, 0.5) is 0 Å². The summed E-state index contributed by atoms with van der Waals surface area (Å²) in [6.07, 6.45) is 6.42. The first-order valence-corrected chi connectivity index (χ1v) is 12.9. The minimum atomic E-state index is 0.0314.